The van der Waals surface area contributed by atoms with Gasteiger partial charge in [-0.15, -0.1) is 0 Å². The normalized spacial score (nSPS) is 12.6. The second-order valence-corrected chi connectivity index (χ2v) is 5.03. The van der Waals surface area contributed by atoms with Crippen LogP contribution in [-0.2, 0) is 4.79 Å². The van der Waals surface area contributed by atoms with Crippen LogP contribution >= 0.6 is 12.2 Å². The van der Waals surface area contributed by atoms with Crippen LogP contribution < -0.4 is 0 Å². The van der Waals surface area contributed by atoms with Crippen LogP contribution in [0.1, 0.15) is 26.8 Å². The van der Waals surface area contributed by atoms with Crippen LogP contribution in [0, 0.1) is 10.6 Å². The van der Waals surface area contributed by atoms with Crippen LogP contribution in [0.4, 0.5) is 4.39 Å². The summed E-state index contributed by atoms with van der Waals surface area (Å²) in [6, 6.07) is 3.94. The van der Waals surface area contributed by atoms with E-state index in [0.717, 1.165) is 5.52 Å². The Morgan fingerprint density at radius 3 is 2.70 bits per heavy atom. The zero-order valence-electron chi connectivity index (χ0n) is 11.8. The van der Waals surface area contributed by atoms with Crippen LogP contribution in [-0.4, -0.2) is 33.4 Å². The summed E-state index contributed by atoms with van der Waals surface area (Å²) in [7, 11) is 0. The summed E-state index contributed by atoms with van der Waals surface area (Å²) >= 11 is 5.26. The SMILES string of the molecule is CCN(CC)C(=O)C(C)n1c(=S)[nH]c2ccc(F)cc21. The minimum absolute atomic E-state index is 0.0174. The van der Waals surface area contributed by atoms with Gasteiger partial charge in [0.25, 0.3) is 0 Å². The number of carbonyl (C=O) groups is 1. The standard InChI is InChI=1S/C14H18FN3OS/c1-4-17(5-2)13(19)9(3)18-12-8-10(15)6-7-11(12)16-14(18)20/h6-9H,4-5H2,1-3H3,(H,16,20). The molecule has 6 heteroatoms. The van der Waals surface area contributed by atoms with Crippen molar-refractivity contribution in [2.24, 2.45) is 0 Å². The van der Waals surface area contributed by atoms with E-state index in [1.54, 1.807) is 22.5 Å². The average Bonchev–Trinajstić information content (AvgIpc) is 2.74. The van der Waals surface area contributed by atoms with Crippen molar-refractivity contribution in [3.63, 3.8) is 0 Å². The Bertz CT molecular complexity index is 687. The number of imidazole rings is 1. The van der Waals surface area contributed by atoms with E-state index in [0.29, 0.717) is 23.4 Å². The Morgan fingerprint density at radius 1 is 1.45 bits per heavy atom. The van der Waals surface area contributed by atoms with Gasteiger partial charge < -0.3 is 14.5 Å². The van der Waals surface area contributed by atoms with Gasteiger partial charge in [0.2, 0.25) is 5.91 Å². The topological polar surface area (TPSA) is 41.0 Å². The maximum absolute atomic E-state index is 13.4. The number of aromatic amines is 1. The average molecular weight is 295 g/mol. The van der Waals surface area contributed by atoms with Gasteiger partial charge in [-0.25, -0.2) is 4.39 Å². The Kier molecular flexibility index (Phi) is 4.23. The number of rotatable bonds is 4. The third-order valence-electron chi connectivity index (χ3n) is 3.50. The van der Waals surface area contributed by atoms with E-state index in [1.165, 1.54) is 12.1 Å². The van der Waals surface area contributed by atoms with E-state index in [2.05, 4.69) is 4.98 Å². The fourth-order valence-corrected chi connectivity index (χ4v) is 2.76. The molecule has 1 aromatic heterocycles. The van der Waals surface area contributed by atoms with E-state index in [-0.39, 0.29) is 11.7 Å². The summed E-state index contributed by atoms with van der Waals surface area (Å²) in [6.07, 6.45) is 0. The number of benzene rings is 1. The van der Waals surface area contributed by atoms with Gasteiger partial charge in [-0.2, -0.15) is 0 Å². The molecular formula is C14H18FN3OS. The molecule has 0 saturated heterocycles. The molecule has 0 fully saturated rings. The lowest BCUT2D eigenvalue weighted by molar-refractivity contribution is -0.133. The van der Waals surface area contributed by atoms with Crippen LogP contribution in [0.5, 0.6) is 0 Å². The summed E-state index contributed by atoms with van der Waals surface area (Å²) in [4.78, 5) is 17.2. The molecule has 2 aromatic rings. The van der Waals surface area contributed by atoms with E-state index < -0.39 is 6.04 Å². The highest BCUT2D eigenvalue weighted by Gasteiger charge is 2.22. The summed E-state index contributed by atoms with van der Waals surface area (Å²) in [6.45, 7) is 6.94. The van der Waals surface area contributed by atoms with Crippen molar-refractivity contribution >= 4 is 29.2 Å². The van der Waals surface area contributed by atoms with E-state index >= 15 is 0 Å². The Balaban J connectivity index is 2.51. The number of nitrogens with zero attached hydrogens (tertiary/aromatic N) is 2. The third-order valence-corrected chi connectivity index (χ3v) is 3.80. The van der Waals surface area contributed by atoms with Gasteiger partial charge in [-0.1, -0.05) is 0 Å². The Labute approximate surface area is 122 Å². The van der Waals surface area contributed by atoms with Crippen LogP contribution in [0.3, 0.4) is 0 Å². The van der Waals surface area contributed by atoms with Gasteiger partial charge in [-0.3, -0.25) is 4.79 Å². The molecule has 0 saturated carbocycles. The molecule has 20 heavy (non-hydrogen) atoms. The quantitative estimate of drug-likeness (QED) is 0.880. The van der Waals surface area contributed by atoms with E-state index in [4.69, 9.17) is 12.2 Å². The lowest BCUT2D eigenvalue weighted by Gasteiger charge is -2.24. The van der Waals surface area contributed by atoms with Crippen molar-refractivity contribution in [1.29, 1.82) is 0 Å². The lowest BCUT2D eigenvalue weighted by Crippen LogP contribution is -2.36. The number of hydrogen-bond acceptors (Lipinski definition) is 2. The lowest BCUT2D eigenvalue weighted by atomic mass is 10.2. The number of likely N-dealkylation sites (N-methyl/N-ethyl adjacent to an activating group) is 1. The Morgan fingerprint density at radius 2 is 2.10 bits per heavy atom. The minimum atomic E-state index is -0.460. The maximum Gasteiger partial charge on any atom is 0.245 e. The van der Waals surface area contributed by atoms with Crippen molar-refractivity contribution in [2.75, 3.05) is 13.1 Å². The molecule has 1 N–H and O–H groups in total. The summed E-state index contributed by atoms with van der Waals surface area (Å²) in [5, 5.41) is 0. The molecule has 1 heterocycles. The number of amides is 1. The number of nitrogens with one attached hydrogen (secondary N) is 1. The monoisotopic (exact) mass is 295 g/mol. The molecule has 1 unspecified atom stereocenters. The molecule has 0 bridgehead atoms. The molecule has 4 nitrogen and oxygen atoms in total. The van der Waals surface area contributed by atoms with Gasteiger partial charge in [0.1, 0.15) is 11.9 Å². The van der Waals surface area contributed by atoms with Crippen molar-refractivity contribution in [3.8, 4) is 0 Å². The van der Waals surface area contributed by atoms with Crippen LogP contribution in [0.2, 0.25) is 0 Å². The molecule has 0 radical (unpaired) electrons. The van der Waals surface area contributed by atoms with Crippen LogP contribution in [0.25, 0.3) is 11.0 Å². The third kappa shape index (κ3) is 2.47. The van der Waals surface area contributed by atoms with Gasteiger partial charge in [-0.05, 0) is 51.2 Å². The number of H-pyrrole nitrogens is 1. The first-order valence-electron chi connectivity index (χ1n) is 6.68. The molecule has 1 aromatic carbocycles. The highest BCUT2D eigenvalue weighted by molar-refractivity contribution is 7.71. The van der Waals surface area contributed by atoms with Crippen molar-refractivity contribution in [1.82, 2.24) is 14.5 Å². The predicted octanol–water partition coefficient (Wildman–Crippen LogP) is 3.27. The number of fused-ring (bicyclic) bond motifs is 1. The molecule has 0 aliphatic rings. The second-order valence-electron chi connectivity index (χ2n) is 4.65. The second kappa shape index (κ2) is 5.75. The summed E-state index contributed by atoms with van der Waals surface area (Å²) in [5.74, 6) is -0.362. The largest absolute Gasteiger partial charge is 0.341 e. The van der Waals surface area contributed by atoms with Crippen molar-refractivity contribution in [3.05, 3.63) is 28.8 Å². The van der Waals surface area contributed by atoms with Gasteiger partial charge >= 0.3 is 0 Å². The highest BCUT2D eigenvalue weighted by Crippen LogP contribution is 2.21. The smallest absolute Gasteiger partial charge is 0.245 e. The van der Waals surface area contributed by atoms with Crippen molar-refractivity contribution < 1.29 is 9.18 Å². The first kappa shape index (κ1) is 14.7. The molecule has 0 spiro atoms. The zero-order valence-corrected chi connectivity index (χ0v) is 12.6. The summed E-state index contributed by atoms with van der Waals surface area (Å²) in [5.41, 5.74) is 1.35. The van der Waals surface area contributed by atoms with E-state index in [1.807, 2.05) is 13.8 Å². The minimum Gasteiger partial charge on any atom is -0.341 e. The van der Waals surface area contributed by atoms with Crippen molar-refractivity contribution in [2.45, 2.75) is 26.8 Å². The predicted molar refractivity (Wildman–Crippen MR) is 79.7 cm³/mol. The number of aromatic nitrogens is 2. The molecular weight excluding hydrogens is 277 g/mol. The number of halogens is 1. The number of carbonyl (C=O) groups excluding carboxylic acids is 1. The van der Waals surface area contributed by atoms with Crippen LogP contribution in [0.15, 0.2) is 18.2 Å². The molecule has 108 valence electrons. The summed E-state index contributed by atoms with van der Waals surface area (Å²) < 4.78 is 15.5. The molecule has 2 rings (SSSR count). The fraction of sp³-hybridized carbons (Fsp3) is 0.429. The molecule has 1 amide bonds. The van der Waals surface area contributed by atoms with E-state index in [9.17, 15) is 9.18 Å². The first-order valence-corrected chi connectivity index (χ1v) is 7.09. The molecule has 0 aliphatic heterocycles. The highest BCUT2D eigenvalue weighted by atomic mass is 32.1. The van der Waals surface area contributed by atoms with Gasteiger partial charge in [0.15, 0.2) is 4.77 Å². The van der Waals surface area contributed by atoms with Gasteiger partial charge in [0, 0.05) is 13.1 Å². The molecule has 1 atom stereocenters. The first-order chi connectivity index (χ1) is 9.49. The Hall–Kier alpha value is -1.69. The molecule has 0 aliphatic carbocycles. The zero-order chi connectivity index (χ0) is 14.9. The fourth-order valence-electron chi connectivity index (χ4n) is 2.39. The number of hydrogen-bond donors (Lipinski definition) is 1. The van der Waals surface area contributed by atoms with Gasteiger partial charge in [0.05, 0.1) is 11.0 Å². The maximum atomic E-state index is 13.4.